The lowest BCUT2D eigenvalue weighted by atomic mass is 9.96. The molecule has 1 atom stereocenters. The van der Waals surface area contributed by atoms with Crippen molar-refractivity contribution in [2.24, 2.45) is 0 Å². The van der Waals surface area contributed by atoms with Gasteiger partial charge in [-0.15, -0.1) is 0 Å². The second-order valence-electron chi connectivity index (χ2n) is 4.75. The highest BCUT2D eigenvalue weighted by atomic mass is 32.2. The van der Waals surface area contributed by atoms with Crippen LogP contribution in [0.4, 0.5) is 0 Å². The molecule has 0 radical (unpaired) electrons. The van der Waals surface area contributed by atoms with E-state index in [1.54, 1.807) is 0 Å². The van der Waals surface area contributed by atoms with Gasteiger partial charge in [0, 0.05) is 5.54 Å². The Balaban J connectivity index is 3.26. The smallest absolute Gasteiger partial charge is 0.0610 e. The molecule has 2 N–H and O–H groups in total. The molecule has 2 nitrogen and oxygen atoms in total. The molecule has 0 aromatic rings. The molecule has 0 fully saturated rings. The molecule has 0 heterocycles. The first kappa shape index (κ1) is 16.3. The largest absolute Gasteiger partial charge is 0.394 e. The van der Waals surface area contributed by atoms with Gasteiger partial charge in [-0.1, -0.05) is 26.2 Å². The van der Waals surface area contributed by atoms with Gasteiger partial charge in [0.2, 0.25) is 0 Å². The lowest BCUT2D eigenvalue weighted by Crippen LogP contribution is -2.43. The molecule has 0 rings (SSSR count). The Morgan fingerprint density at radius 2 is 1.75 bits per heavy atom. The summed E-state index contributed by atoms with van der Waals surface area (Å²) in [7, 11) is 1.93. The standard InChI is InChI=1S/C13H29NOS/c1-4-5-7-10-16-11-8-6-9-13(2,12-15)14-3/h14-15H,4-12H2,1-3H3. The maximum atomic E-state index is 9.22. The summed E-state index contributed by atoms with van der Waals surface area (Å²) in [5.41, 5.74) is -0.0765. The molecule has 0 aromatic heterocycles. The molecule has 0 spiro atoms. The maximum absolute atomic E-state index is 9.22. The number of rotatable bonds is 11. The third kappa shape index (κ3) is 8.43. The summed E-state index contributed by atoms with van der Waals surface area (Å²) in [6.45, 7) is 4.56. The van der Waals surface area contributed by atoms with Crippen molar-refractivity contribution >= 4 is 11.8 Å². The van der Waals surface area contributed by atoms with E-state index in [9.17, 15) is 5.11 Å². The maximum Gasteiger partial charge on any atom is 0.0610 e. The Hall–Kier alpha value is 0.270. The van der Waals surface area contributed by atoms with Gasteiger partial charge < -0.3 is 10.4 Å². The second kappa shape index (κ2) is 10.4. The molecular formula is C13H29NOS. The number of unbranched alkanes of at least 4 members (excludes halogenated alkanes) is 3. The van der Waals surface area contributed by atoms with Crippen LogP contribution in [0.5, 0.6) is 0 Å². The number of thioether (sulfide) groups is 1. The molecular weight excluding hydrogens is 218 g/mol. The Labute approximate surface area is 106 Å². The van der Waals surface area contributed by atoms with Crippen molar-refractivity contribution in [1.82, 2.24) is 5.32 Å². The average molecular weight is 247 g/mol. The molecule has 16 heavy (non-hydrogen) atoms. The Bertz CT molecular complexity index is 149. The zero-order chi connectivity index (χ0) is 12.3. The van der Waals surface area contributed by atoms with Crippen molar-refractivity contribution in [1.29, 1.82) is 0 Å². The summed E-state index contributed by atoms with van der Waals surface area (Å²) in [5.74, 6) is 2.59. The first-order valence-corrected chi connectivity index (χ1v) is 7.71. The van der Waals surface area contributed by atoms with Crippen LogP contribution in [-0.2, 0) is 0 Å². The monoisotopic (exact) mass is 247 g/mol. The van der Waals surface area contributed by atoms with Gasteiger partial charge in [-0.05, 0) is 44.7 Å². The van der Waals surface area contributed by atoms with E-state index >= 15 is 0 Å². The number of aliphatic hydroxyl groups excluding tert-OH is 1. The van der Waals surface area contributed by atoms with Gasteiger partial charge in [-0.3, -0.25) is 0 Å². The van der Waals surface area contributed by atoms with Gasteiger partial charge >= 0.3 is 0 Å². The highest BCUT2D eigenvalue weighted by Gasteiger charge is 2.19. The fourth-order valence-corrected chi connectivity index (χ4v) is 2.58. The summed E-state index contributed by atoms with van der Waals surface area (Å²) in [4.78, 5) is 0. The molecule has 0 aliphatic heterocycles. The second-order valence-corrected chi connectivity index (χ2v) is 5.97. The zero-order valence-corrected chi connectivity index (χ0v) is 12.0. The zero-order valence-electron chi connectivity index (χ0n) is 11.2. The van der Waals surface area contributed by atoms with Crippen LogP contribution < -0.4 is 5.32 Å². The third-order valence-electron chi connectivity index (χ3n) is 3.11. The van der Waals surface area contributed by atoms with Crippen LogP contribution in [0.15, 0.2) is 0 Å². The summed E-state index contributed by atoms with van der Waals surface area (Å²) in [5, 5.41) is 12.4. The Morgan fingerprint density at radius 1 is 1.12 bits per heavy atom. The van der Waals surface area contributed by atoms with E-state index in [0.717, 1.165) is 6.42 Å². The van der Waals surface area contributed by atoms with E-state index < -0.39 is 0 Å². The molecule has 98 valence electrons. The minimum absolute atomic E-state index is 0.0765. The van der Waals surface area contributed by atoms with Gasteiger partial charge in [-0.2, -0.15) is 11.8 Å². The van der Waals surface area contributed by atoms with E-state index in [4.69, 9.17) is 0 Å². The van der Waals surface area contributed by atoms with Crippen molar-refractivity contribution in [3.63, 3.8) is 0 Å². The Morgan fingerprint density at radius 3 is 2.25 bits per heavy atom. The van der Waals surface area contributed by atoms with Crippen LogP contribution in [0, 0.1) is 0 Å². The predicted molar refractivity (Wildman–Crippen MR) is 75.3 cm³/mol. The minimum Gasteiger partial charge on any atom is -0.394 e. The fourth-order valence-electron chi connectivity index (χ4n) is 1.56. The normalized spacial score (nSPS) is 15.0. The van der Waals surface area contributed by atoms with Crippen LogP contribution in [0.3, 0.4) is 0 Å². The first-order valence-electron chi connectivity index (χ1n) is 6.56. The van der Waals surface area contributed by atoms with Crippen LogP contribution in [-0.4, -0.2) is 35.8 Å². The molecule has 0 saturated heterocycles. The first-order chi connectivity index (χ1) is 7.68. The van der Waals surface area contributed by atoms with Crippen LogP contribution in [0.1, 0.15) is 52.4 Å². The van der Waals surface area contributed by atoms with Crippen molar-refractivity contribution in [3.05, 3.63) is 0 Å². The summed E-state index contributed by atoms with van der Waals surface area (Å²) < 4.78 is 0. The van der Waals surface area contributed by atoms with Crippen molar-refractivity contribution < 1.29 is 5.11 Å². The van der Waals surface area contributed by atoms with E-state index in [0.29, 0.717) is 0 Å². The van der Waals surface area contributed by atoms with Crippen molar-refractivity contribution in [2.75, 3.05) is 25.2 Å². The van der Waals surface area contributed by atoms with Gasteiger partial charge in [-0.25, -0.2) is 0 Å². The van der Waals surface area contributed by atoms with E-state index in [-0.39, 0.29) is 12.1 Å². The van der Waals surface area contributed by atoms with Gasteiger partial charge in [0.15, 0.2) is 0 Å². The molecule has 0 bridgehead atoms. The number of hydrogen-bond donors (Lipinski definition) is 2. The van der Waals surface area contributed by atoms with Crippen LogP contribution >= 0.6 is 11.8 Å². The van der Waals surface area contributed by atoms with Gasteiger partial charge in [0.05, 0.1) is 6.61 Å². The topological polar surface area (TPSA) is 32.3 Å². The minimum atomic E-state index is -0.0765. The van der Waals surface area contributed by atoms with Crippen LogP contribution in [0.2, 0.25) is 0 Å². The molecule has 1 unspecified atom stereocenters. The molecule has 0 aliphatic rings. The Kier molecular flexibility index (Phi) is 10.6. The number of aliphatic hydroxyl groups is 1. The highest BCUT2D eigenvalue weighted by Crippen LogP contribution is 2.15. The molecule has 0 aromatic carbocycles. The van der Waals surface area contributed by atoms with Gasteiger partial charge in [0.25, 0.3) is 0 Å². The number of nitrogens with one attached hydrogen (secondary N) is 1. The molecule has 3 heteroatoms. The fraction of sp³-hybridized carbons (Fsp3) is 1.00. The SMILES string of the molecule is CCCCCSCCCCC(C)(CO)NC. The quantitative estimate of drug-likeness (QED) is 0.550. The summed E-state index contributed by atoms with van der Waals surface area (Å²) in [6, 6.07) is 0. The van der Waals surface area contributed by atoms with E-state index in [1.165, 1.54) is 43.6 Å². The van der Waals surface area contributed by atoms with Crippen LogP contribution in [0.25, 0.3) is 0 Å². The van der Waals surface area contributed by atoms with E-state index in [2.05, 4.69) is 30.9 Å². The predicted octanol–water partition coefficient (Wildman–Crippen LogP) is 3.05. The van der Waals surface area contributed by atoms with Crippen molar-refractivity contribution in [3.8, 4) is 0 Å². The third-order valence-corrected chi connectivity index (χ3v) is 4.27. The van der Waals surface area contributed by atoms with Gasteiger partial charge in [0.1, 0.15) is 0 Å². The molecule has 0 aliphatic carbocycles. The van der Waals surface area contributed by atoms with Crippen molar-refractivity contribution in [2.45, 2.75) is 57.9 Å². The average Bonchev–Trinajstić information content (AvgIpc) is 2.32. The molecule has 0 amide bonds. The summed E-state index contributed by atoms with van der Waals surface area (Å²) in [6.07, 6.45) is 7.60. The number of likely N-dealkylation sites (N-methyl/N-ethyl adjacent to an activating group) is 1. The highest BCUT2D eigenvalue weighted by molar-refractivity contribution is 7.99. The lowest BCUT2D eigenvalue weighted by molar-refractivity contribution is 0.171. The number of hydrogen-bond acceptors (Lipinski definition) is 3. The molecule has 0 saturated carbocycles. The summed E-state index contributed by atoms with van der Waals surface area (Å²) >= 11 is 2.08. The lowest BCUT2D eigenvalue weighted by Gasteiger charge is -2.26. The van der Waals surface area contributed by atoms with E-state index in [1.807, 2.05) is 7.05 Å².